The van der Waals surface area contributed by atoms with Gasteiger partial charge in [0.1, 0.15) is 0 Å². The molecule has 6 heteroatoms. The molecule has 1 aromatic carbocycles. The van der Waals surface area contributed by atoms with E-state index in [4.69, 9.17) is 5.11 Å². The van der Waals surface area contributed by atoms with Crippen molar-refractivity contribution < 1.29 is 14.7 Å². The van der Waals surface area contributed by atoms with Crippen molar-refractivity contribution in [3.63, 3.8) is 0 Å². The Morgan fingerprint density at radius 1 is 1.14 bits per heavy atom. The van der Waals surface area contributed by atoms with Crippen LogP contribution in [-0.4, -0.2) is 63.0 Å². The summed E-state index contributed by atoms with van der Waals surface area (Å²) in [5.41, 5.74) is 1.74. The number of hydrogen-bond acceptors (Lipinski definition) is 3. The fraction of sp³-hybridized carbons (Fsp3) is 0.318. The van der Waals surface area contributed by atoms with Gasteiger partial charge in [-0.1, -0.05) is 42.5 Å². The van der Waals surface area contributed by atoms with Crippen molar-refractivity contribution in [2.45, 2.75) is 31.7 Å². The van der Waals surface area contributed by atoms with Crippen LogP contribution in [0.15, 0.2) is 67.0 Å². The third-order valence-electron chi connectivity index (χ3n) is 4.96. The number of benzene rings is 1. The van der Waals surface area contributed by atoms with Crippen LogP contribution < -0.4 is 0 Å². The van der Waals surface area contributed by atoms with E-state index in [9.17, 15) is 9.59 Å². The third-order valence-corrected chi connectivity index (χ3v) is 4.96. The van der Waals surface area contributed by atoms with Crippen molar-refractivity contribution in [3.8, 4) is 0 Å². The number of pyridine rings is 1. The van der Waals surface area contributed by atoms with Gasteiger partial charge in [-0.3, -0.25) is 14.6 Å². The molecule has 1 amide bonds. The number of amides is 1. The van der Waals surface area contributed by atoms with Gasteiger partial charge >= 0.3 is 35.5 Å². The Balaban J connectivity index is 0.00000280. The second kappa shape index (κ2) is 11.1. The molecule has 2 aromatic rings. The second-order valence-electron chi connectivity index (χ2n) is 6.78. The Hall–Kier alpha value is -1.95. The van der Waals surface area contributed by atoms with Crippen LogP contribution >= 0.6 is 0 Å². The number of nitrogens with zero attached hydrogens (tertiary/aromatic N) is 2. The van der Waals surface area contributed by atoms with Crippen molar-refractivity contribution in [2.75, 3.05) is 6.54 Å². The Morgan fingerprint density at radius 2 is 1.93 bits per heavy atom. The topological polar surface area (TPSA) is 70.5 Å². The molecular formula is C22H25N2NaO3. The molecule has 1 N–H and O–H groups in total. The summed E-state index contributed by atoms with van der Waals surface area (Å²) in [5.74, 6) is -0.459. The number of aliphatic carboxylic acids is 1. The summed E-state index contributed by atoms with van der Waals surface area (Å²) >= 11 is 0. The number of likely N-dealkylation sites (tertiary alicyclic amines) is 1. The number of rotatable bonds is 7. The molecule has 0 radical (unpaired) electrons. The van der Waals surface area contributed by atoms with E-state index in [2.05, 4.69) is 23.2 Å². The number of aromatic nitrogens is 1. The first-order valence-electron chi connectivity index (χ1n) is 9.29. The quantitative estimate of drug-likeness (QED) is 0.583. The summed E-state index contributed by atoms with van der Waals surface area (Å²) in [6.07, 6.45) is 9.71. The normalized spacial score (nSPS) is 18.8. The van der Waals surface area contributed by atoms with Gasteiger partial charge in [0, 0.05) is 25.4 Å². The molecule has 1 fully saturated rings. The average Bonchev–Trinajstić information content (AvgIpc) is 3.12. The van der Waals surface area contributed by atoms with Crippen molar-refractivity contribution in [2.24, 2.45) is 5.92 Å². The van der Waals surface area contributed by atoms with Crippen molar-refractivity contribution in [3.05, 3.63) is 78.1 Å². The van der Waals surface area contributed by atoms with Crippen LogP contribution in [0.1, 0.15) is 47.6 Å². The number of hydrogen-bond donors (Lipinski definition) is 1. The summed E-state index contributed by atoms with van der Waals surface area (Å²) in [6, 6.07) is 13.7. The Kier molecular flexibility index (Phi) is 8.90. The molecule has 0 unspecified atom stereocenters. The predicted octanol–water partition coefficient (Wildman–Crippen LogP) is 3.45. The Morgan fingerprint density at radius 3 is 2.61 bits per heavy atom. The van der Waals surface area contributed by atoms with E-state index in [-0.39, 0.29) is 47.9 Å². The molecular weight excluding hydrogens is 363 g/mol. The molecule has 2 heterocycles. The molecule has 0 bridgehead atoms. The standard InChI is InChI=1S/C22H24N2O3.Na.H/c25-20(26)12-6-2-5-10-18-13-15-24(21(18)17-8-3-1-4-9-17)22(27)19-11-7-14-23-16-19;;/h1-5,7-9,11,14,16,18,21H,6,10,12-13,15H2,(H,25,26);;/b5-2-;;/t18-,21-;;/m1../s1. The number of carbonyl (C=O) groups excluding carboxylic acids is 1. The first-order chi connectivity index (χ1) is 13.2. The van der Waals surface area contributed by atoms with Gasteiger partial charge in [0.05, 0.1) is 11.6 Å². The second-order valence-corrected chi connectivity index (χ2v) is 6.78. The molecule has 1 aromatic heterocycles. The van der Waals surface area contributed by atoms with Crippen LogP contribution in [0, 0.1) is 5.92 Å². The fourth-order valence-electron chi connectivity index (χ4n) is 3.68. The summed E-state index contributed by atoms with van der Waals surface area (Å²) in [7, 11) is 0. The molecule has 0 spiro atoms. The van der Waals surface area contributed by atoms with Crippen molar-refractivity contribution in [1.82, 2.24) is 9.88 Å². The van der Waals surface area contributed by atoms with Gasteiger partial charge in [-0.05, 0) is 42.9 Å². The van der Waals surface area contributed by atoms with E-state index < -0.39 is 5.97 Å². The Bertz CT molecular complexity index is 796. The van der Waals surface area contributed by atoms with E-state index in [1.807, 2.05) is 29.2 Å². The van der Waals surface area contributed by atoms with E-state index in [0.717, 1.165) is 18.4 Å². The molecule has 142 valence electrons. The van der Waals surface area contributed by atoms with E-state index in [1.165, 1.54) is 0 Å². The zero-order chi connectivity index (χ0) is 19.1. The number of carboxylic acid groups (broad SMARTS) is 1. The van der Waals surface area contributed by atoms with E-state index in [1.54, 1.807) is 24.5 Å². The van der Waals surface area contributed by atoms with Crippen LogP contribution in [0.5, 0.6) is 0 Å². The summed E-state index contributed by atoms with van der Waals surface area (Å²) in [5, 5.41) is 8.74. The number of carboxylic acids is 1. The van der Waals surface area contributed by atoms with Gasteiger partial charge in [0.15, 0.2) is 0 Å². The summed E-state index contributed by atoms with van der Waals surface area (Å²) in [6.45, 7) is 0.709. The summed E-state index contributed by atoms with van der Waals surface area (Å²) in [4.78, 5) is 29.7. The fourth-order valence-corrected chi connectivity index (χ4v) is 3.68. The molecule has 1 saturated heterocycles. The Labute approximate surface area is 187 Å². The van der Waals surface area contributed by atoms with Gasteiger partial charge in [-0.15, -0.1) is 0 Å². The van der Waals surface area contributed by atoms with Gasteiger partial charge in [0.25, 0.3) is 5.91 Å². The first kappa shape index (κ1) is 22.3. The SMILES string of the molecule is O=C(O)CC/C=C\C[C@@H]1CCN(C(=O)c2cccnc2)[C@@H]1c1ccccc1.[NaH]. The van der Waals surface area contributed by atoms with Crippen LogP contribution in [0.3, 0.4) is 0 Å². The van der Waals surface area contributed by atoms with Gasteiger partial charge in [-0.2, -0.15) is 0 Å². The monoisotopic (exact) mass is 388 g/mol. The average molecular weight is 388 g/mol. The van der Waals surface area contributed by atoms with Crippen LogP contribution in [-0.2, 0) is 4.79 Å². The molecule has 0 saturated carbocycles. The van der Waals surface area contributed by atoms with Gasteiger partial charge in [-0.25, -0.2) is 0 Å². The predicted molar refractivity (Wildman–Crippen MR) is 110 cm³/mol. The zero-order valence-corrected chi connectivity index (χ0v) is 15.2. The summed E-state index contributed by atoms with van der Waals surface area (Å²) < 4.78 is 0. The van der Waals surface area contributed by atoms with Crippen LogP contribution in [0.2, 0.25) is 0 Å². The van der Waals surface area contributed by atoms with Crippen molar-refractivity contribution in [1.29, 1.82) is 0 Å². The first-order valence-corrected chi connectivity index (χ1v) is 9.29. The molecule has 5 nitrogen and oxygen atoms in total. The third kappa shape index (κ3) is 5.77. The molecule has 2 atom stereocenters. The van der Waals surface area contributed by atoms with Gasteiger partial charge < -0.3 is 10.0 Å². The van der Waals surface area contributed by atoms with Crippen molar-refractivity contribution >= 4 is 41.4 Å². The minimum atomic E-state index is -0.782. The van der Waals surface area contributed by atoms with E-state index >= 15 is 0 Å². The minimum absolute atomic E-state index is 0. The molecule has 0 aliphatic carbocycles. The van der Waals surface area contributed by atoms with Crippen LogP contribution in [0.4, 0.5) is 0 Å². The van der Waals surface area contributed by atoms with Gasteiger partial charge in [0.2, 0.25) is 0 Å². The molecule has 1 aliphatic heterocycles. The molecule has 1 aliphatic rings. The maximum absolute atomic E-state index is 13.0. The zero-order valence-electron chi connectivity index (χ0n) is 15.2. The molecule has 28 heavy (non-hydrogen) atoms. The molecule has 3 rings (SSSR count). The number of allylic oxidation sites excluding steroid dienone is 2. The van der Waals surface area contributed by atoms with Crippen LogP contribution in [0.25, 0.3) is 0 Å². The number of carbonyl (C=O) groups is 2. The maximum atomic E-state index is 13.0. The van der Waals surface area contributed by atoms with E-state index in [0.29, 0.717) is 24.4 Å².